The van der Waals surface area contributed by atoms with E-state index in [1.165, 1.54) is 5.75 Å². The van der Waals surface area contributed by atoms with Crippen LogP contribution in [0.4, 0.5) is 0 Å². The summed E-state index contributed by atoms with van der Waals surface area (Å²) in [6.07, 6.45) is 1.16. The minimum atomic E-state index is -0.717. The summed E-state index contributed by atoms with van der Waals surface area (Å²) in [5.74, 6) is 2.19. The zero-order valence-corrected chi connectivity index (χ0v) is 10.7. The Balaban J connectivity index is 2.16. The van der Waals surface area contributed by atoms with Crippen LogP contribution in [0, 0.1) is 5.41 Å². The molecule has 1 spiro atoms. The molecule has 2 heterocycles. The van der Waals surface area contributed by atoms with Crippen LogP contribution in [-0.2, 0) is 4.79 Å². The number of hydrogen-bond acceptors (Lipinski definition) is 4. The Bertz CT molecular complexity index is 283. The van der Waals surface area contributed by atoms with Crippen molar-refractivity contribution >= 4 is 29.5 Å². The van der Waals surface area contributed by atoms with Gasteiger partial charge in [-0.2, -0.15) is 11.8 Å². The van der Waals surface area contributed by atoms with Crippen LogP contribution in [0.5, 0.6) is 0 Å². The average Bonchev–Trinajstić information content (AvgIpc) is 2.57. The van der Waals surface area contributed by atoms with Gasteiger partial charge in [0.15, 0.2) is 0 Å². The molecule has 2 rings (SSSR count). The second-order valence-corrected chi connectivity index (χ2v) is 7.28. The van der Waals surface area contributed by atoms with Crippen LogP contribution in [0.2, 0.25) is 0 Å². The highest BCUT2D eigenvalue weighted by molar-refractivity contribution is 8.04. The van der Waals surface area contributed by atoms with Gasteiger partial charge in [-0.3, -0.25) is 10.1 Å². The molecule has 2 aliphatic rings. The van der Waals surface area contributed by atoms with Gasteiger partial charge in [0, 0.05) is 11.5 Å². The quantitative estimate of drug-likeness (QED) is 0.737. The molecule has 0 aromatic rings. The van der Waals surface area contributed by atoms with Crippen LogP contribution < -0.4 is 5.32 Å². The summed E-state index contributed by atoms with van der Waals surface area (Å²) in [4.78, 5) is 10.9. The second kappa shape index (κ2) is 3.86. The first-order valence-corrected chi connectivity index (χ1v) is 7.33. The predicted octanol–water partition coefficient (Wildman–Crippen LogP) is 1.64. The van der Waals surface area contributed by atoms with E-state index in [9.17, 15) is 4.79 Å². The van der Waals surface area contributed by atoms with Gasteiger partial charge in [-0.25, -0.2) is 0 Å². The fourth-order valence-electron chi connectivity index (χ4n) is 2.14. The number of carbonyl (C=O) groups is 1. The Morgan fingerprint density at radius 3 is 2.80 bits per heavy atom. The Labute approximate surface area is 98.8 Å². The van der Waals surface area contributed by atoms with Crippen LogP contribution in [0.1, 0.15) is 20.3 Å². The molecule has 2 fully saturated rings. The van der Waals surface area contributed by atoms with E-state index in [4.69, 9.17) is 5.11 Å². The minimum absolute atomic E-state index is 0.0288. The van der Waals surface area contributed by atoms with Crippen molar-refractivity contribution in [2.45, 2.75) is 31.2 Å². The number of rotatable bonds is 1. The molecule has 0 aromatic carbocycles. The van der Waals surface area contributed by atoms with Gasteiger partial charge in [-0.1, -0.05) is 13.8 Å². The molecule has 2 aliphatic heterocycles. The molecule has 3 nitrogen and oxygen atoms in total. The van der Waals surface area contributed by atoms with Gasteiger partial charge < -0.3 is 5.11 Å². The maximum Gasteiger partial charge on any atom is 0.321 e. The van der Waals surface area contributed by atoms with Gasteiger partial charge in [0.25, 0.3) is 0 Å². The molecular formula is C10H17NO2S2. The summed E-state index contributed by atoms with van der Waals surface area (Å²) < 4.78 is 0. The summed E-state index contributed by atoms with van der Waals surface area (Å²) in [7, 11) is 0. The molecule has 2 atom stereocenters. The third-order valence-electron chi connectivity index (χ3n) is 3.47. The van der Waals surface area contributed by atoms with Gasteiger partial charge >= 0.3 is 5.97 Å². The smallest absolute Gasteiger partial charge is 0.321 e. The second-order valence-electron chi connectivity index (χ2n) is 4.86. The maximum absolute atomic E-state index is 11.0. The van der Waals surface area contributed by atoms with E-state index < -0.39 is 5.97 Å². The lowest BCUT2D eigenvalue weighted by Crippen LogP contribution is -2.57. The van der Waals surface area contributed by atoms with Crippen molar-refractivity contribution in [3.63, 3.8) is 0 Å². The number of thioether (sulfide) groups is 2. The molecule has 5 heteroatoms. The van der Waals surface area contributed by atoms with Gasteiger partial charge in [0.05, 0.1) is 4.87 Å². The lowest BCUT2D eigenvalue weighted by Gasteiger charge is -2.47. The van der Waals surface area contributed by atoms with Crippen molar-refractivity contribution in [2.24, 2.45) is 5.41 Å². The van der Waals surface area contributed by atoms with E-state index in [0.717, 1.165) is 12.2 Å². The fourth-order valence-corrected chi connectivity index (χ4v) is 5.68. The van der Waals surface area contributed by atoms with Gasteiger partial charge in [-0.05, 0) is 17.6 Å². The van der Waals surface area contributed by atoms with Crippen LogP contribution in [-0.4, -0.2) is 39.2 Å². The number of nitrogens with one attached hydrogen (secondary N) is 1. The van der Waals surface area contributed by atoms with E-state index in [-0.39, 0.29) is 16.3 Å². The van der Waals surface area contributed by atoms with E-state index in [1.54, 1.807) is 11.8 Å². The highest BCUT2D eigenvalue weighted by Crippen LogP contribution is 2.51. The highest BCUT2D eigenvalue weighted by atomic mass is 32.2. The summed E-state index contributed by atoms with van der Waals surface area (Å²) in [6.45, 7) is 4.49. The van der Waals surface area contributed by atoms with Gasteiger partial charge in [0.2, 0.25) is 0 Å². The fraction of sp³-hybridized carbons (Fsp3) is 0.900. The first-order chi connectivity index (χ1) is 6.97. The number of hydrogen-bond donors (Lipinski definition) is 2. The number of carboxylic acid groups (broad SMARTS) is 1. The first kappa shape index (κ1) is 11.6. The van der Waals surface area contributed by atoms with Crippen LogP contribution in [0.3, 0.4) is 0 Å². The van der Waals surface area contributed by atoms with Gasteiger partial charge in [0.1, 0.15) is 6.04 Å². The van der Waals surface area contributed by atoms with Crippen LogP contribution >= 0.6 is 23.5 Å². The third kappa shape index (κ3) is 1.89. The zero-order chi connectivity index (χ0) is 11.1. The van der Waals surface area contributed by atoms with E-state index in [1.807, 2.05) is 11.8 Å². The van der Waals surface area contributed by atoms with Crippen molar-refractivity contribution in [1.29, 1.82) is 0 Å². The van der Waals surface area contributed by atoms with Gasteiger partial charge in [-0.15, -0.1) is 11.8 Å². The molecule has 0 saturated carbocycles. The molecule has 0 amide bonds. The molecule has 2 saturated heterocycles. The Kier molecular flexibility index (Phi) is 2.99. The zero-order valence-electron chi connectivity index (χ0n) is 9.08. The molecule has 1 unspecified atom stereocenters. The molecule has 86 valence electrons. The Morgan fingerprint density at radius 2 is 2.27 bits per heavy atom. The topological polar surface area (TPSA) is 49.3 Å². The van der Waals surface area contributed by atoms with Crippen molar-refractivity contribution in [2.75, 3.05) is 17.3 Å². The Morgan fingerprint density at radius 1 is 1.53 bits per heavy atom. The van der Waals surface area contributed by atoms with E-state index in [0.29, 0.717) is 5.75 Å². The minimum Gasteiger partial charge on any atom is -0.480 e. The molecule has 0 bridgehead atoms. The third-order valence-corrected chi connectivity index (χ3v) is 6.59. The summed E-state index contributed by atoms with van der Waals surface area (Å²) in [6, 6.07) is -0.368. The van der Waals surface area contributed by atoms with Crippen LogP contribution in [0.15, 0.2) is 0 Å². The highest BCUT2D eigenvalue weighted by Gasteiger charge is 2.53. The monoisotopic (exact) mass is 247 g/mol. The lowest BCUT2D eigenvalue weighted by atomic mass is 9.81. The van der Waals surface area contributed by atoms with E-state index >= 15 is 0 Å². The Hall–Kier alpha value is 0.130. The SMILES string of the molecule is CC1(C)CCSCC12N[C@@H](C(=O)O)CS2. The number of aliphatic carboxylic acids is 1. The standard InChI is InChI=1S/C10H17NO2S2/c1-9(2)3-4-14-6-10(9)11-7(5-15-10)8(12)13/h7,11H,3-6H2,1-2H3,(H,12,13)/t7-,10?/m1/s1. The normalized spacial score (nSPS) is 39.5. The molecular weight excluding hydrogens is 230 g/mol. The molecule has 2 N–H and O–H groups in total. The molecule has 0 radical (unpaired) electrons. The molecule has 15 heavy (non-hydrogen) atoms. The average molecular weight is 247 g/mol. The van der Waals surface area contributed by atoms with Crippen molar-refractivity contribution in [3.05, 3.63) is 0 Å². The van der Waals surface area contributed by atoms with Crippen molar-refractivity contribution in [3.8, 4) is 0 Å². The van der Waals surface area contributed by atoms with Crippen molar-refractivity contribution < 1.29 is 9.90 Å². The maximum atomic E-state index is 11.0. The lowest BCUT2D eigenvalue weighted by molar-refractivity contribution is -0.139. The summed E-state index contributed by atoms with van der Waals surface area (Å²) in [5, 5.41) is 12.4. The molecule has 0 aliphatic carbocycles. The summed E-state index contributed by atoms with van der Waals surface area (Å²) >= 11 is 3.73. The number of carboxylic acids is 1. The predicted molar refractivity (Wildman–Crippen MR) is 65.5 cm³/mol. The largest absolute Gasteiger partial charge is 0.480 e. The summed E-state index contributed by atoms with van der Waals surface area (Å²) in [5.41, 5.74) is 0.188. The van der Waals surface area contributed by atoms with Crippen LogP contribution in [0.25, 0.3) is 0 Å². The van der Waals surface area contributed by atoms with E-state index in [2.05, 4.69) is 19.2 Å². The van der Waals surface area contributed by atoms with Crippen molar-refractivity contribution in [1.82, 2.24) is 5.32 Å². The first-order valence-electron chi connectivity index (χ1n) is 5.19. The molecule has 0 aromatic heterocycles.